The molecule has 1 fully saturated rings. The minimum Gasteiger partial charge on any atom is -0.465 e. The molecule has 1 amide bonds. The second kappa shape index (κ2) is 5.25. The van der Waals surface area contributed by atoms with Crippen LogP contribution in [0.5, 0.6) is 0 Å². The summed E-state index contributed by atoms with van der Waals surface area (Å²) < 4.78 is 4.72. The van der Waals surface area contributed by atoms with E-state index in [-0.39, 0.29) is 17.9 Å². The van der Waals surface area contributed by atoms with Gasteiger partial charge in [0.2, 0.25) is 5.91 Å². The summed E-state index contributed by atoms with van der Waals surface area (Å²) in [5.74, 6) is -0.227. The summed E-state index contributed by atoms with van der Waals surface area (Å²) in [5.41, 5.74) is 2.39. The predicted molar refractivity (Wildman–Crippen MR) is 74.9 cm³/mol. The molecule has 1 aromatic carbocycles. The van der Waals surface area contributed by atoms with Crippen LogP contribution in [-0.2, 0) is 16.0 Å². The molecule has 5 heteroatoms. The van der Waals surface area contributed by atoms with Gasteiger partial charge in [-0.2, -0.15) is 0 Å². The van der Waals surface area contributed by atoms with Gasteiger partial charge in [0.05, 0.1) is 19.1 Å². The summed E-state index contributed by atoms with van der Waals surface area (Å²) in [6.07, 6.45) is 2.33. The number of methoxy groups -OCH3 is 1. The summed E-state index contributed by atoms with van der Waals surface area (Å²) in [7, 11) is 1.36. The molecule has 106 valence electrons. The van der Waals surface area contributed by atoms with Crippen molar-refractivity contribution < 1.29 is 14.3 Å². The Bertz CT molecular complexity index is 550. The number of rotatable bonds is 2. The lowest BCUT2D eigenvalue weighted by Crippen LogP contribution is -2.44. The van der Waals surface area contributed by atoms with E-state index in [0.717, 1.165) is 37.2 Å². The van der Waals surface area contributed by atoms with Gasteiger partial charge in [0.25, 0.3) is 0 Å². The molecule has 0 spiro atoms. The van der Waals surface area contributed by atoms with Gasteiger partial charge in [-0.1, -0.05) is 0 Å². The maximum atomic E-state index is 12.3. The molecule has 2 aliphatic heterocycles. The van der Waals surface area contributed by atoms with Crippen molar-refractivity contribution in [1.29, 1.82) is 0 Å². The van der Waals surface area contributed by atoms with Gasteiger partial charge >= 0.3 is 5.97 Å². The van der Waals surface area contributed by atoms with Crippen molar-refractivity contribution in [1.82, 2.24) is 5.32 Å². The van der Waals surface area contributed by atoms with Gasteiger partial charge in [0.1, 0.15) is 0 Å². The number of carbonyl (C=O) groups excluding carboxylic acids is 2. The number of carbonyl (C=O) groups is 2. The predicted octanol–water partition coefficient (Wildman–Crippen LogP) is 1.11. The van der Waals surface area contributed by atoms with Crippen molar-refractivity contribution in [3.63, 3.8) is 0 Å². The molecule has 0 atom stereocenters. The topological polar surface area (TPSA) is 58.6 Å². The van der Waals surface area contributed by atoms with Crippen LogP contribution in [0.15, 0.2) is 18.2 Å². The second-order valence-electron chi connectivity index (χ2n) is 5.26. The molecule has 2 heterocycles. The summed E-state index contributed by atoms with van der Waals surface area (Å²) in [6, 6.07) is 5.65. The van der Waals surface area contributed by atoms with Gasteiger partial charge in [0, 0.05) is 11.7 Å². The Kier molecular flexibility index (Phi) is 3.44. The average molecular weight is 274 g/mol. The minimum absolute atomic E-state index is 0.133. The van der Waals surface area contributed by atoms with Crippen LogP contribution in [-0.4, -0.2) is 38.1 Å². The molecule has 0 radical (unpaired) electrons. The normalized spacial score (nSPS) is 19.1. The van der Waals surface area contributed by atoms with Crippen LogP contribution in [0.2, 0.25) is 0 Å². The largest absolute Gasteiger partial charge is 0.465 e. The molecule has 0 bridgehead atoms. The van der Waals surface area contributed by atoms with E-state index in [0.29, 0.717) is 12.0 Å². The molecule has 20 heavy (non-hydrogen) atoms. The molecular formula is C15H18N2O3. The molecule has 2 aliphatic rings. The van der Waals surface area contributed by atoms with Crippen molar-refractivity contribution in [2.24, 2.45) is 0 Å². The van der Waals surface area contributed by atoms with E-state index < -0.39 is 0 Å². The highest BCUT2D eigenvalue weighted by Crippen LogP contribution is 2.33. The van der Waals surface area contributed by atoms with Crippen molar-refractivity contribution >= 4 is 17.6 Å². The molecule has 0 aromatic heterocycles. The van der Waals surface area contributed by atoms with Gasteiger partial charge in [-0.15, -0.1) is 0 Å². The molecule has 1 aromatic rings. The average Bonchev–Trinajstić information content (AvgIpc) is 2.82. The zero-order valence-electron chi connectivity index (χ0n) is 11.5. The van der Waals surface area contributed by atoms with Gasteiger partial charge in [-0.05, 0) is 49.7 Å². The third-order valence-corrected chi connectivity index (χ3v) is 4.04. The van der Waals surface area contributed by atoms with Crippen LogP contribution in [0.4, 0.5) is 5.69 Å². The van der Waals surface area contributed by atoms with E-state index in [1.807, 2.05) is 11.0 Å². The number of amides is 1. The van der Waals surface area contributed by atoms with Gasteiger partial charge in [-0.25, -0.2) is 4.79 Å². The fourth-order valence-corrected chi connectivity index (χ4v) is 3.05. The molecule has 0 saturated carbocycles. The molecule has 1 N–H and O–H groups in total. The summed E-state index contributed by atoms with van der Waals surface area (Å²) in [6.45, 7) is 1.90. The maximum absolute atomic E-state index is 12.3. The van der Waals surface area contributed by atoms with E-state index in [1.54, 1.807) is 12.1 Å². The molecule has 3 rings (SSSR count). The minimum atomic E-state index is -0.361. The van der Waals surface area contributed by atoms with Crippen molar-refractivity contribution in [2.45, 2.75) is 25.3 Å². The first-order chi connectivity index (χ1) is 9.70. The molecule has 0 unspecified atom stereocenters. The van der Waals surface area contributed by atoms with Crippen molar-refractivity contribution in [2.75, 3.05) is 25.1 Å². The second-order valence-corrected chi connectivity index (χ2v) is 5.26. The Balaban J connectivity index is 1.90. The lowest BCUT2D eigenvalue weighted by Gasteiger charge is -2.32. The zero-order valence-corrected chi connectivity index (χ0v) is 11.5. The summed E-state index contributed by atoms with van der Waals surface area (Å²) in [4.78, 5) is 25.7. The number of hydrogen-bond acceptors (Lipinski definition) is 4. The summed E-state index contributed by atoms with van der Waals surface area (Å²) in [5, 5.41) is 3.31. The van der Waals surface area contributed by atoms with Gasteiger partial charge < -0.3 is 15.0 Å². The Morgan fingerprint density at radius 2 is 2.10 bits per heavy atom. The van der Waals surface area contributed by atoms with Crippen LogP contribution < -0.4 is 10.2 Å². The number of benzene rings is 1. The van der Waals surface area contributed by atoms with Crippen molar-refractivity contribution in [3.8, 4) is 0 Å². The fraction of sp³-hybridized carbons (Fsp3) is 0.467. The van der Waals surface area contributed by atoms with E-state index >= 15 is 0 Å². The number of anilines is 1. The number of ether oxygens (including phenoxy) is 1. The maximum Gasteiger partial charge on any atom is 0.337 e. The van der Waals surface area contributed by atoms with E-state index in [2.05, 4.69) is 5.32 Å². The van der Waals surface area contributed by atoms with Crippen LogP contribution >= 0.6 is 0 Å². The number of esters is 1. The standard InChI is InChI=1S/C15H18N2O3/c1-20-15(19)10-2-3-13-11(8-10)9-14(18)17(13)12-4-6-16-7-5-12/h2-3,8,12,16H,4-7,9H2,1H3. The van der Waals surface area contributed by atoms with E-state index in [9.17, 15) is 9.59 Å². The molecular weight excluding hydrogens is 256 g/mol. The summed E-state index contributed by atoms with van der Waals surface area (Å²) >= 11 is 0. The van der Waals surface area contributed by atoms with Crippen LogP contribution in [0.1, 0.15) is 28.8 Å². The lowest BCUT2D eigenvalue weighted by atomic mass is 10.0. The number of piperidine rings is 1. The first-order valence-corrected chi connectivity index (χ1v) is 6.94. The van der Waals surface area contributed by atoms with Crippen molar-refractivity contribution in [3.05, 3.63) is 29.3 Å². The Hall–Kier alpha value is -1.88. The van der Waals surface area contributed by atoms with Crippen LogP contribution in [0.3, 0.4) is 0 Å². The molecule has 1 saturated heterocycles. The Labute approximate surface area is 117 Å². The third-order valence-electron chi connectivity index (χ3n) is 4.04. The zero-order chi connectivity index (χ0) is 14.1. The SMILES string of the molecule is COC(=O)c1ccc2c(c1)CC(=O)N2C1CCNCC1. The highest BCUT2D eigenvalue weighted by Gasteiger charge is 2.33. The Morgan fingerprint density at radius 3 is 2.80 bits per heavy atom. The number of nitrogens with one attached hydrogen (secondary N) is 1. The van der Waals surface area contributed by atoms with Gasteiger partial charge in [-0.3, -0.25) is 4.79 Å². The molecule has 0 aliphatic carbocycles. The van der Waals surface area contributed by atoms with E-state index in [4.69, 9.17) is 4.74 Å². The Morgan fingerprint density at radius 1 is 1.35 bits per heavy atom. The fourth-order valence-electron chi connectivity index (χ4n) is 3.05. The lowest BCUT2D eigenvalue weighted by molar-refractivity contribution is -0.117. The number of nitrogens with zero attached hydrogens (tertiary/aromatic N) is 1. The molecule has 5 nitrogen and oxygen atoms in total. The highest BCUT2D eigenvalue weighted by atomic mass is 16.5. The highest BCUT2D eigenvalue weighted by molar-refractivity contribution is 6.03. The first kappa shape index (κ1) is 13.1. The number of fused-ring (bicyclic) bond motifs is 1. The van der Waals surface area contributed by atoms with Crippen LogP contribution in [0, 0.1) is 0 Å². The van der Waals surface area contributed by atoms with Crippen LogP contribution in [0.25, 0.3) is 0 Å². The first-order valence-electron chi connectivity index (χ1n) is 6.94. The monoisotopic (exact) mass is 274 g/mol. The third kappa shape index (κ3) is 2.18. The van der Waals surface area contributed by atoms with E-state index in [1.165, 1.54) is 7.11 Å². The quantitative estimate of drug-likeness (QED) is 0.821. The van der Waals surface area contributed by atoms with Gasteiger partial charge in [0.15, 0.2) is 0 Å². The number of hydrogen-bond donors (Lipinski definition) is 1. The smallest absolute Gasteiger partial charge is 0.337 e.